The van der Waals surface area contributed by atoms with Gasteiger partial charge in [0.25, 0.3) is 0 Å². The van der Waals surface area contributed by atoms with E-state index in [1.807, 2.05) is 28.5 Å². The number of rotatable bonds is 7. The molecule has 3 heterocycles. The minimum Gasteiger partial charge on any atom is -0.466 e. The Labute approximate surface area is 203 Å². The lowest BCUT2D eigenvalue weighted by Crippen LogP contribution is -2.38. The van der Waals surface area contributed by atoms with E-state index in [-0.39, 0.29) is 12.3 Å². The third-order valence-electron chi connectivity index (χ3n) is 6.42. The molecule has 0 bridgehead atoms. The number of hydrogen-bond acceptors (Lipinski definition) is 7. The van der Waals surface area contributed by atoms with Crippen LogP contribution in [0.3, 0.4) is 0 Å². The summed E-state index contributed by atoms with van der Waals surface area (Å²) in [6, 6.07) is 7.45. The molecule has 33 heavy (non-hydrogen) atoms. The number of carbonyl (C=O) groups excluding carboxylic acids is 2. The van der Waals surface area contributed by atoms with Gasteiger partial charge in [-0.1, -0.05) is 41.6 Å². The molecule has 7 nitrogen and oxygen atoms in total. The first-order valence-corrected chi connectivity index (χ1v) is 12.4. The molecule has 4 rings (SSSR count). The second kappa shape index (κ2) is 10.3. The number of nitrogens with zero attached hydrogens (tertiary/aromatic N) is 3. The van der Waals surface area contributed by atoms with Crippen molar-refractivity contribution in [1.82, 2.24) is 15.1 Å². The van der Waals surface area contributed by atoms with Gasteiger partial charge in [0.2, 0.25) is 5.91 Å². The average Bonchev–Trinajstić information content (AvgIpc) is 3.38. The van der Waals surface area contributed by atoms with E-state index in [1.165, 1.54) is 31.7 Å². The number of amides is 1. The lowest BCUT2D eigenvalue weighted by Gasteiger charge is -2.36. The van der Waals surface area contributed by atoms with E-state index in [0.717, 1.165) is 29.4 Å². The lowest BCUT2D eigenvalue weighted by molar-refractivity contribution is -0.136. The number of carbonyl (C=O) groups is 2. The SMILES string of the molecule is COC(=O)C1=C(C)N=C2SC=C(CC(=O)NCC[C@H]3CCCN3C)N2[C@H]1c1ccccc1Cl. The van der Waals surface area contributed by atoms with E-state index < -0.39 is 12.0 Å². The molecule has 176 valence electrons. The van der Waals surface area contributed by atoms with Crippen molar-refractivity contribution in [2.45, 2.75) is 44.7 Å². The maximum Gasteiger partial charge on any atom is 0.338 e. The van der Waals surface area contributed by atoms with Crippen molar-refractivity contribution in [2.24, 2.45) is 4.99 Å². The summed E-state index contributed by atoms with van der Waals surface area (Å²) in [5.74, 6) is -0.505. The molecule has 0 spiro atoms. The van der Waals surface area contributed by atoms with E-state index in [0.29, 0.717) is 28.9 Å². The first-order valence-electron chi connectivity index (χ1n) is 11.1. The number of allylic oxidation sites excluding steroid dienone is 1. The Kier molecular flexibility index (Phi) is 7.46. The largest absolute Gasteiger partial charge is 0.466 e. The minimum atomic E-state index is -0.514. The second-order valence-electron chi connectivity index (χ2n) is 8.50. The monoisotopic (exact) mass is 488 g/mol. The summed E-state index contributed by atoms with van der Waals surface area (Å²) in [6.45, 7) is 3.57. The van der Waals surface area contributed by atoms with Crippen LogP contribution in [0.5, 0.6) is 0 Å². The van der Waals surface area contributed by atoms with Crippen LogP contribution in [0.4, 0.5) is 0 Å². The normalized spacial score (nSPS) is 22.7. The van der Waals surface area contributed by atoms with Gasteiger partial charge in [-0.2, -0.15) is 0 Å². The molecule has 1 aromatic carbocycles. The highest BCUT2D eigenvalue weighted by atomic mass is 35.5. The molecule has 0 unspecified atom stereocenters. The number of hydrogen-bond donors (Lipinski definition) is 1. The Balaban J connectivity index is 1.53. The van der Waals surface area contributed by atoms with Gasteiger partial charge in [-0.15, -0.1) is 0 Å². The number of likely N-dealkylation sites (tertiary alicyclic amines) is 1. The highest BCUT2D eigenvalue weighted by Crippen LogP contribution is 2.46. The van der Waals surface area contributed by atoms with Crippen molar-refractivity contribution in [3.05, 3.63) is 57.2 Å². The zero-order valence-electron chi connectivity index (χ0n) is 19.1. The number of benzene rings is 1. The van der Waals surface area contributed by atoms with Crippen LogP contribution in [0.2, 0.25) is 5.02 Å². The van der Waals surface area contributed by atoms with E-state index in [9.17, 15) is 9.59 Å². The maximum absolute atomic E-state index is 12.8. The van der Waals surface area contributed by atoms with Crippen molar-refractivity contribution in [3.8, 4) is 0 Å². The molecule has 0 aliphatic carbocycles. The minimum absolute atomic E-state index is 0.0486. The zero-order chi connectivity index (χ0) is 23.5. The summed E-state index contributed by atoms with van der Waals surface area (Å²) in [5.41, 5.74) is 2.56. The zero-order valence-corrected chi connectivity index (χ0v) is 20.7. The third kappa shape index (κ3) is 4.98. The fraction of sp³-hybridized carbons (Fsp3) is 0.458. The number of methoxy groups -OCH3 is 1. The van der Waals surface area contributed by atoms with E-state index >= 15 is 0 Å². The van der Waals surface area contributed by atoms with E-state index in [4.69, 9.17) is 16.3 Å². The smallest absolute Gasteiger partial charge is 0.338 e. The summed E-state index contributed by atoms with van der Waals surface area (Å²) in [6.07, 6.45) is 3.54. The quantitative estimate of drug-likeness (QED) is 0.583. The van der Waals surface area contributed by atoms with E-state index in [2.05, 4.69) is 22.3 Å². The Morgan fingerprint density at radius 2 is 2.12 bits per heavy atom. The molecule has 1 amide bonds. The van der Waals surface area contributed by atoms with Gasteiger partial charge in [0.05, 0.1) is 30.8 Å². The molecule has 1 saturated heterocycles. The molecule has 0 saturated carbocycles. The van der Waals surface area contributed by atoms with Crippen molar-refractivity contribution >= 4 is 40.4 Å². The number of amidine groups is 1. The highest BCUT2D eigenvalue weighted by Gasteiger charge is 2.41. The molecule has 3 aliphatic rings. The number of halogens is 1. The van der Waals surface area contributed by atoms with Gasteiger partial charge in [0.1, 0.15) is 0 Å². The van der Waals surface area contributed by atoms with Crippen LogP contribution in [-0.4, -0.2) is 60.1 Å². The summed E-state index contributed by atoms with van der Waals surface area (Å²) in [7, 11) is 3.50. The van der Waals surface area contributed by atoms with Crippen molar-refractivity contribution in [3.63, 3.8) is 0 Å². The van der Waals surface area contributed by atoms with E-state index in [1.54, 1.807) is 13.0 Å². The van der Waals surface area contributed by atoms with Gasteiger partial charge < -0.3 is 19.9 Å². The number of esters is 1. The summed E-state index contributed by atoms with van der Waals surface area (Å²) in [4.78, 5) is 34.5. The molecular weight excluding hydrogens is 460 g/mol. The van der Waals surface area contributed by atoms with Crippen molar-refractivity contribution < 1.29 is 14.3 Å². The van der Waals surface area contributed by atoms with Crippen LogP contribution >= 0.6 is 23.4 Å². The predicted molar refractivity (Wildman–Crippen MR) is 132 cm³/mol. The fourth-order valence-corrected chi connectivity index (χ4v) is 5.88. The van der Waals surface area contributed by atoms with Crippen LogP contribution in [0.1, 0.15) is 44.2 Å². The van der Waals surface area contributed by atoms with Crippen LogP contribution in [0.15, 0.2) is 51.6 Å². The Bertz CT molecular complexity index is 1040. The number of fused-ring (bicyclic) bond motifs is 1. The topological polar surface area (TPSA) is 74.2 Å². The van der Waals surface area contributed by atoms with Crippen molar-refractivity contribution in [1.29, 1.82) is 0 Å². The summed E-state index contributed by atoms with van der Waals surface area (Å²) < 4.78 is 5.08. The molecule has 1 N–H and O–H groups in total. The molecular formula is C24H29ClN4O3S. The maximum atomic E-state index is 12.8. The third-order valence-corrected chi connectivity index (χ3v) is 7.65. The van der Waals surface area contributed by atoms with Crippen molar-refractivity contribution in [2.75, 3.05) is 27.2 Å². The molecule has 1 fully saturated rings. The molecule has 3 aliphatic heterocycles. The first-order chi connectivity index (χ1) is 15.9. The molecule has 9 heteroatoms. The first kappa shape index (κ1) is 23.9. The Hall–Kier alpha value is -2.29. The predicted octanol–water partition coefficient (Wildman–Crippen LogP) is 4.08. The number of nitrogens with one attached hydrogen (secondary N) is 1. The number of thioether (sulfide) groups is 1. The second-order valence-corrected chi connectivity index (χ2v) is 9.74. The molecule has 2 atom stereocenters. The highest BCUT2D eigenvalue weighted by molar-refractivity contribution is 8.16. The van der Waals surface area contributed by atoms with Gasteiger partial charge in [-0.3, -0.25) is 4.79 Å². The Morgan fingerprint density at radius 1 is 1.33 bits per heavy atom. The summed E-state index contributed by atoms with van der Waals surface area (Å²) >= 11 is 8.00. The van der Waals surface area contributed by atoms with Crippen LogP contribution in [0.25, 0.3) is 0 Å². The standard InChI is InChI=1S/C24H29ClN4O3S/c1-15-21(23(31)32-3)22(18-8-4-5-9-19(18)25)29-17(14-33-24(29)27-15)13-20(30)26-11-10-16-7-6-12-28(16)2/h4-5,8-9,14,16,22H,6-7,10-13H2,1-3H3,(H,26,30)/t16-,22+/m1/s1. The van der Waals surface area contributed by atoms with Gasteiger partial charge in [0, 0.05) is 23.3 Å². The molecule has 1 aromatic rings. The Morgan fingerprint density at radius 3 is 2.82 bits per heavy atom. The molecule has 0 aromatic heterocycles. The summed E-state index contributed by atoms with van der Waals surface area (Å²) in [5, 5.41) is 6.26. The van der Waals surface area contributed by atoms with Gasteiger partial charge in [-0.05, 0) is 56.8 Å². The molecule has 0 radical (unpaired) electrons. The van der Waals surface area contributed by atoms with Gasteiger partial charge >= 0.3 is 5.97 Å². The van der Waals surface area contributed by atoms with Gasteiger partial charge in [-0.25, -0.2) is 9.79 Å². The van der Waals surface area contributed by atoms with Crippen LogP contribution in [0, 0.1) is 0 Å². The lowest BCUT2D eigenvalue weighted by atomic mass is 9.94. The van der Waals surface area contributed by atoms with Gasteiger partial charge in [0.15, 0.2) is 5.17 Å². The van der Waals surface area contributed by atoms with Crippen LogP contribution < -0.4 is 5.32 Å². The van der Waals surface area contributed by atoms with Crippen LogP contribution in [-0.2, 0) is 14.3 Å². The number of ether oxygens (including phenoxy) is 1. The fourth-order valence-electron chi connectivity index (χ4n) is 4.68. The number of aliphatic imine (C=N–C) groups is 1. The average molecular weight is 489 g/mol.